The summed E-state index contributed by atoms with van der Waals surface area (Å²) in [5.41, 5.74) is 0.451. The van der Waals surface area contributed by atoms with Gasteiger partial charge in [0, 0.05) is 10.9 Å². The maximum Gasteiger partial charge on any atom is 0.348 e. The maximum atomic E-state index is 12.8. The molecule has 28 heavy (non-hydrogen) atoms. The maximum absolute atomic E-state index is 12.8. The van der Waals surface area contributed by atoms with Gasteiger partial charge in [0.1, 0.15) is 15.5 Å². The molecule has 1 fully saturated rings. The second-order valence-corrected chi connectivity index (χ2v) is 8.97. The summed E-state index contributed by atoms with van der Waals surface area (Å²) >= 11 is 3.01. The number of ether oxygens (including phenoxy) is 1. The number of hydrogen-bond donors (Lipinski definition) is 1. The number of esters is 1. The molecule has 0 aromatic carbocycles. The molecule has 2 atom stereocenters. The first-order valence-electron chi connectivity index (χ1n) is 9.50. The van der Waals surface area contributed by atoms with Crippen LogP contribution in [-0.2, 0) is 4.74 Å². The van der Waals surface area contributed by atoms with E-state index in [-0.39, 0.29) is 11.6 Å². The van der Waals surface area contributed by atoms with Crippen LogP contribution in [0.25, 0.3) is 10.2 Å². The van der Waals surface area contributed by atoms with Gasteiger partial charge in [0.05, 0.1) is 18.0 Å². The smallest absolute Gasteiger partial charge is 0.348 e. The molecule has 0 saturated carbocycles. The first-order valence-corrected chi connectivity index (χ1v) is 11.2. The number of likely N-dealkylation sites (tertiary alicyclic amines) is 1. The van der Waals surface area contributed by atoms with Crippen LogP contribution < -0.4 is 5.56 Å². The van der Waals surface area contributed by atoms with Gasteiger partial charge in [0.15, 0.2) is 0 Å². The van der Waals surface area contributed by atoms with Crippen molar-refractivity contribution >= 4 is 38.9 Å². The zero-order chi connectivity index (χ0) is 19.8. The molecule has 3 aromatic rings. The second kappa shape index (κ2) is 7.77. The highest BCUT2D eigenvalue weighted by Gasteiger charge is 2.32. The molecule has 0 aliphatic carbocycles. The Morgan fingerprint density at radius 3 is 3.04 bits per heavy atom. The Labute approximate surface area is 171 Å². The number of aromatic amines is 1. The van der Waals surface area contributed by atoms with Gasteiger partial charge in [0.2, 0.25) is 0 Å². The molecule has 4 rings (SSSR count). The molecule has 1 aliphatic heterocycles. The van der Waals surface area contributed by atoms with Crippen molar-refractivity contribution in [2.24, 2.45) is 0 Å². The molecule has 0 spiro atoms. The van der Waals surface area contributed by atoms with Gasteiger partial charge < -0.3 is 9.72 Å². The number of aromatic nitrogens is 2. The van der Waals surface area contributed by atoms with Gasteiger partial charge in [-0.15, -0.1) is 22.7 Å². The Morgan fingerprint density at radius 1 is 1.50 bits per heavy atom. The van der Waals surface area contributed by atoms with E-state index in [2.05, 4.69) is 34.3 Å². The SMILES string of the molecule is CCOC(=O)c1sc2nc([C@@H](C)N3CCC[C@@H]3c3cccs3)[nH]c(=O)c2c1C. The van der Waals surface area contributed by atoms with E-state index >= 15 is 0 Å². The van der Waals surface area contributed by atoms with Crippen LogP contribution in [-0.4, -0.2) is 34.0 Å². The number of nitrogens with zero attached hydrogens (tertiary/aromatic N) is 2. The standard InChI is InChI=1S/C20H23N3O3S2/c1-4-26-20(25)16-11(2)15-18(24)21-17(22-19(15)28-16)12(3)23-9-5-7-13(23)14-8-6-10-27-14/h6,8,10,12-13H,4-5,7,9H2,1-3H3,(H,21,22,24)/t12-,13-/m1/s1. The van der Waals surface area contributed by atoms with E-state index in [0.29, 0.717) is 39.1 Å². The lowest BCUT2D eigenvalue weighted by atomic mass is 10.1. The molecule has 1 aliphatic rings. The molecule has 0 amide bonds. The van der Waals surface area contributed by atoms with Crippen LogP contribution in [0.1, 0.15) is 64.7 Å². The summed E-state index contributed by atoms with van der Waals surface area (Å²) in [5.74, 6) is 0.256. The fraction of sp³-hybridized carbons (Fsp3) is 0.450. The van der Waals surface area contributed by atoms with Crippen LogP contribution in [0.15, 0.2) is 22.3 Å². The molecule has 1 saturated heterocycles. The average Bonchev–Trinajstić information content (AvgIpc) is 3.40. The number of thiophene rings is 2. The number of carbonyl (C=O) groups is 1. The van der Waals surface area contributed by atoms with E-state index in [0.717, 1.165) is 19.4 Å². The van der Waals surface area contributed by atoms with E-state index in [9.17, 15) is 9.59 Å². The summed E-state index contributed by atoms with van der Waals surface area (Å²) in [7, 11) is 0. The van der Waals surface area contributed by atoms with Crippen LogP contribution >= 0.6 is 22.7 Å². The van der Waals surface area contributed by atoms with Crippen molar-refractivity contribution in [2.75, 3.05) is 13.2 Å². The van der Waals surface area contributed by atoms with Gasteiger partial charge in [-0.2, -0.15) is 0 Å². The third-order valence-electron chi connectivity index (χ3n) is 5.34. The number of carbonyl (C=O) groups excluding carboxylic acids is 1. The zero-order valence-corrected chi connectivity index (χ0v) is 17.8. The van der Waals surface area contributed by atoms with Crippen LogP contribution in [0.3, 0.4) is 0 Å². The highest BCUT2D eigenvalue weighted by molar-refractivity contribution is 7.20. The van der Waals surface area contributed by atoms with Gasteiger partial charge in [-0.05, 0) is 57.2 Å². The molecule has 148 valence electrons. The average molecular weight is 418 g/mol. The number of nitrogens with one attached hydrogen (secondary N) is 1. The monoisotopic (exact) mass is 417 g/mol. The second-order valence-electron chi connectivity index (χ2n) is 7.00. The number of H-pyrrole nitrogens is 1. The molecule has 4 heterocycles. The molecule has 3 aromatic heterocycles. The summed E-state index contributed by atoms with van der Waals surface area (Å²) < 4.78 is 5.12. The van der Waals surface area contributed by atoms with Crippen molar-refractivity contribution < 1.29 is 9.53 Å². The summed E-state index contributed by atoms with van der Waals surface area (Å²) in [6, 6.07) is 4.60. The van der Waals surface area contributed by atoms with Crippen molar-refractivity contribution in [1.82, 2.24) is 14.9 Å². The number of rotatable bonds is 5. The lowest BCUT2D eigenvalue weighted by Gasteiger charge is -2.29. The molecule has 1 N–H and O–H groups in total. The van der Waals surface area contributed by atoms with Gasteiger partial charge in [-0.1, -0.05) is 6.07 Å². The van der Waals surface area contributed by atoms with E-state index in [4.69, 9.17) is 9.72 Å². The van der Waals surface area contributed by atoms with Gasteiger partial charge in [-0.25, -0.2) is 9.78 Å². The Balaban J connectivity index is 1.71. The predicted octanol–water partition coefficient (Wildman–Crippen LogP) is 4.43. The van der Waals surface area contributed by atoms with Crippen molar-refractivity contribution in [1.29, 1.82) is 0 Å². The van der Waals surface area contributed by atoms with Crippen LogP contribution in [0.4, 0.5) is 0 Å². The van der Waals surface area contributed by atoms with Crippen molar-refractivity contribution in [3.63, 3.8) is 0 Å². The minimum atomic E-state index is -0.394. The fourth-order valence-corrected chi connectivity index (χ4v) is 5.91. The van der Waals surface area contributed by atoms with Gasteiger partial charge in [0.25, 0.3) is 5.56 Å². The van der Waals surface area contributed by atoms with E-state index < -0.39 is 5.97 Å². The Morgan fingerprint density at radius 2 is 2.32 bits per heavy atom. The van der Waals surface area contributed by atoms with E-state index in [1.165, 1.54) is 16.2 Å². The molecular formula is C20H23N3O3S2. The minimum Gasteiger partial charge on any atom is -0.462 e. The zero-order valence-electron chi connectivity index (χ0n) is 16.2. The third kappa shape index (κ3) is 3.29. The fourth-order valence-electron chi connectivity index (χ4n) is 3.95. The van der Waals surface area contributed by atoms with Crippen LogP contribution in [0, 0.1) is 6.92 Å². The highest BCUT2D eigenvalue weighted by atomic mass is 32.1. The first kappa shape index (κ1) is 19.3. The lowest BCUT2D eigenvalue weighted by Crippen LogP contribution is -2.29. The largest absolute Gasteiger partial charge is 0.462 e. The Kier molecular flexibility index (Phi) is 5.35. The molecule has 0 bridgehead atoms. The molecule has 0 unspecified atom stereocenters. The summed E-state index contributed by atoms with van der Waals surface area (Å²) in [6.45, 7) is 6.91. The highest BCUT2D eigenvalue weighted by Crippen LogP contribution is 2.39. The van der Waals surface area contributed by atoms with Crippen molar-refractivity contribution in [2.45, 2.75) is 45.7 Å². The molecule has 6 nitrogen and oxygen atoms in total. The van der Waals surface area contributed by atoms with E-state index in [1.807, 2.05) is 0 Å². The summed E-state index contributed by atoms with van der Waals surface area (Å²) in [6.07, 6.45) is 2.24. The number of fused-ring (bicyclic) bond motifs is 1. The predicted molar refractivity (Wildman–Crippen MR) is 112 cm³/mol. The summed E-state index contributed by atoms with van der Waals surface area (Å²) in [4.78, 5) is 37.5. The molecule has 0 radical (unpaired) electrons. The van der Waals surface area contributed by atoms with Gasteiger partial charge >= 0.3 is 5.97 Å². The molecule has 8 heteroatoms. The number of aryl methyl sites for hydroxylation is 1. The molecular weight excluding hydrogens is 394 g/mol. The van der Waals surface area contributed by atoms with E-state index in [1.54, 1.807) is 25.2 Å². The van der Waals surface area contributed by atoms with Gasteiger partial charge in [-0.3, -0.25) is 9.69 Å². The van der Waals surface area contributed by atoms with Crippen molar-refractivity contribution in [3.8, 4) is 0 Å². The topological polar surface area (TPSA) is 75.3 Å². The number of hydrogen-bond acceptors (Lipinski definition) is 7. The Bertz CT molecular complexity index is 1050. The Hall–Kier alpha value is -2.03. The minimum absolute atomic E-state index is 0.0138. The summed E-state index contributed by atoms with van der Waals surface area (Å²) in [5, 5.41) is 2.59. The van der Waals surface area contributed by atoms with Crippen molar-refractivity contribution in [3.05, 3.63) is 49.0 Å². The first-order chi connectivity index (χ1) is 13.5. The quantitative estimate of drug-likeness (QED) is 0.622. The van der Waals surface area contributed by atoms with Crippen LogP contribution in [0.2, 0.25) is 0 Å². The van der Waals surface area contributed by atoms with Crippen LogP contribution in [0.5, 0.6) is 0 Å². The normalized spacial score (nSPS) is 18.6. The lowest BCUT2D eigenvalue weighted by molar-refractivity contribution is 0.0531. The third-order valence-corrected chi connectivity index (χ3v) is 7.48.